The predicted octanol–water partition coefficient (Wildman–Crippen LogP) is 1.84. The molecule has 4 heteroatoms. The Labute approximate surface area is 111 Å². The Bertz CT molecular complexity index is 261. The minimum absolute atomic E-state index is 0.120. The third kappa shape index (κ3) is 6.36. The lowest BCUT2D eigenvalue weighted by atomic mass is 9.93. The fourth-order valence-electron chi connectivity index (χ4n) is 2.42. The highest BCUT2D eigenvalue weighted by atomic mass is 16.5. The summed E-state index contributed by atoms with van der Waals surface area (Å²) in [6.45, 7) is 6.76. The van der Waals surface area contributed by atoms with Crippen LogP contribution in [-0.2, 0) is 9.53 Å². The van der Waals surface area contributed by atoms with Crippen LogP contribution in [-0.4, -0.2) is 37.2 Å². The van der Waals surface area contributed by atoms with Crippen LogP contribution in [0.25, 0.3) is 0 Å². The normalized spacial score (nSPS) is 24.9. The third-order valence-corrected chi connectivity index (χ3v) is 3.26. The summed E-state index contributed by atoms with van der Waals surface area (Å²) in [4.78, 5) is 11.6. The highest BCUT2D eigenvalue weighted by Gasteiger charge is 2.21. The van der Waals surface area contributed by atoms with Gasteiger partial charge in [-0.2, -0.15) is 0 Å². The van der Waals surface area contributed by atoms with Gasteiger partial charge >= 0.3 is 0 Å². The average Bonchev–Trinajstić information content (AvgIpc) is 2.27. The van der Waals surface area contributed by atoms with Crippen LogP contribution in [0, 0.1) is 0 Å². The molecule has 0 radical (unpaired) electrons. The van der Waals surface area contributed by atoms with Gasteiger partial charge in [0.2, 0.25) is 5.91 Å². The van der Waals surface area contributed by atoms with Gasteiger partial charge in [0.05, 0.1) is 6.10 Å². The molecule has 4 nitrogen and oxygen atoms in total. The van der Waals surface area contributed by atoms with Crippen molar-refractivity contribution in [3.63, 3.8) is 0 Å². The van der Waals surface area contributed by atoms with Crippen molar-refractivity contribution in [3.05, 3.63) is 0 Å². The first-order valence-corrected chi connectivity index (χ1v) is 6.98. The highest BCUT2D eigenvalue weighted by Crippen LogP contribution is 2.20. The van der Waals surface area contributed by atoms with E-state index in [-0.39, 0.29) is 11.4 Å². The molecule has 2 unspecified atom stereocenters. The van der Waals surface area contributed by atoms with Crippen molar-refractivity contribution in [1.82, 2.24) is 10.6 Å². The van der Waals surface area contributed by atoms with Crippen LogP contribution >= 0.6 is 0 Å². The topological polar surface area (TPSA) is 50.4 Å². The molecule has 106 valence electrons. The quantitative estimate of drug-likeness (QED) is 0.789. The number of amides is 1. The molecular formula is C14H28N2O2. The molecule has 0 bridgehead atoms. The molecule has 0 aromatic heterocycles. The van der Waals surface area contributed by atoms with Crippen molar-refractivity contribution in [3.8, 4) is 0 Å². The van der Waals surface area contributed by atoms with Gasteiger partial charge in [-0.1, -0.05) is 0 Å². The second-order valence-electron chi connectivity index (χ2n) is 6.22. The van der Waals surface area contributed by atoms with Crippen LogP contribution in [0.2, 0.25) is 0 Å². The number of hydrogen-bond donors (Lipinski definition) is 2. The molecule has 0 aromatic rings. The fourth-order valence-corrected chi connectivity index (χ4v) is 2.42. The first kappa shape index (κ1) is 15.4. The molecule has 1 fully saturated rings. The van der Waals surface area contributed by atoms with Crippen LogP contribution in [0.4, 0.5) is 0 Å². The molecule has 2 atom stereocenters. The first-order chi connectivity index (χ1) is 8.40. The van der Waals surface area contributed by atoms with E-state index in [1.165, 1.54) is 19.3 Å². The zero-order valence-corrected chi connectivity index (χ0v) is 12.2. The van der Waals surface area contributed by atoms with E-state index in [1.807, 2.05) is 20.8 Å². The highest BCUT2D eigenvalue weighted by molar-refractivity contribution is 5.76. The van der Waals surface area contributed by atoms with E-state index in [0.717, 1.165) is 13.0 Å². The smallest absolute Gasteiger partial charge is 0.221 e. The Morgan fingerprint density at radius 1 is 1.33 bits per heavy atom. The maximum atomic E-state index is 11.6. The lowest BCUT2D eigenvalue weighted by Gasteiger charge is -2.29. The second kappa shape index (κ2) is 7.10. The summed E-state index contributed by atoms with van der Waals surface area (Å²) in [5.74, 6) is 0.120. The molecule has 18 heavy (non-hydrogen) atoms. The predicted molar refractivity (Wildman–Crippen MR) is 73.6 cm³/mol. The Hall–Kier alpha value is -0.610. The minimum atomic E-state index is -0.136. The summed E-state index contributed by atoms with van der Waals surface area (Å²) in [6, 6.07) is 0.506. The fraction of sp³-hybridized carbons (Fsp3) is 0.929. The van der Waals surface area contributed by atoms with Gasteiger partial charge in [0.15, 0.2) is 0 Å². The number of methoxy groups -OCH3 is 1. The van der Waals surface area contributed by atoms with Crippen molar-refractivity contribution in [2.24, 2.45) is 0 Å². The SMILES string of the molecule is COC1CCCC(NCCC(=O)NC(C)(C)C)C1. The summed E-state index contributed by atoms with van der Waals surface area (Å²) in [7, 11) is 1.78. The molecule has 0 saturated heterocycles. The molecule has 2 N–H and O–H groups in total. The molecule has 1 amide bonds. The number of hydrogen-bond acceptors (Lipinski definition) is 3. The molecular weight excluding hydrogens is 228 g/mol. The van der Waals surface area contributed by atoms with E-state index in [0.29, 0.717) is 18.6 Å². The van der Waals surface area contributed by atoms with Crippen LogP contribution in [0.1, 0.15) is 52.9 Å². The van der Waals surface area contributed by atoms with Crippen LogP contribution in [0.3, 0.4) is 0 Å². The van der Waals surface area contributed by atoms with Crippen LogP contribution in [0.15, 0.2) is 0 Å². The van der Waals surface area contributed by atoms with Gasteiger partial charge in [-0.15, -0.1) is 0 Å². The molecule has 1 rings (SSSR count). The Kier molecular flexibility index (Phi) is 6.09. The van der Waals surface area contributed by atoms with E-state index in [4.69, 9.17) is 4.74 Å². The number of nitrogens with one attached hydrogen (secondary N) is 2. The maximum absolute atomic E-state index is 11.6. The van der Waals surface area contributed by atoms with Crippen molar-refractivity contribution in [1.29, 1.82) is 0 Å². The van der Waals surface area contributed by atoms with E-state index in [9.17, 15) is 4.79 Å². The summed E-state index contributed by atoms with van der Waals surface area (Å²) < 4.78 is 5.40. The second-order valence-corrected chi connectivity index (χ2v) is 6.22. The number of rotatable bonds is 5. The zero-order chi connectivity index (χ0) is 13.6. The molecule has 1 aliphatic rings. The van der Waals surface area contributed by atoms with E-state index >= 15 is 0 Å². The number of ether oxygens (including phenoxy) is 1. The standard InChI is InChI=1S/C14H28N2O2/c1-14(2,3)16-13(17)8-9-15-11-6-5-7-12(10-11)18-4/h11-12,15H,5-10H2,1-4H3,(H,16,17). The summed E-state index contributed by atoms with van der Waals surface area (Å²) in [5, 5.41) is 6.43. The van der Waals surface area contributed by atoms with Gasteiger partial charge in [0.25, 0.3) is 0 Å². The van der Waals surface area contributed by atoms with Crippen molar-refractivity contribution in [2.75, 3.05) is 13.7 Å². The number of carbonyl (C=O) groups is 1. The van der Waals surface area contributed by atoms with Gasteiger partial charge in [-0.3, -0.25) is 4.79 Å². The minimum Gasteiger partial charge on any atom is -0.381 e. The lowest BCUT2D eigenvalue weighted by molar-refractivity contribution is -0.122. The molecule has 1 saturated carbocycles. The third-order valence-electron chi connectivity index (χ3n) is 3.26. The van der Waals surface area contributed by atoms with Crippen molar-refractivity contribution in [2.45, 2.75) is 70.6 Å². The van der Waals surface area contributed by atoms with Gasteiger partial charge in [0.1, 0.15) is 0 Å². The Morgan fingerprint density at radius 2 is 2.06 bits per heavy atom. The van der Waals surface area contributed by atoms with E-state index < -0.39 is 0 Å². The van der Waals surface area contributed by atoms with Gasteiger partial charge in [0, 0.05) is 31.7 Å². The monoisotopic (exact) mass is 256 g/mol. The summed E-state index contributed by atoms with van der Waals surface area (Å²) in [6.07, 6.45) is 5.58. The van der Waals surface area contributed by atoms with Crippen molar-refractivity contribution >= 4 is 5.91 Å². The molecule has 0 aromatic carbocycles. The number of carbonyl (C=O) groups excluding carboxylic acids is 1. The zero-order valence-electron chi connectivity index (χ0n) is 12.2. The summed E-state index contributed by atoms with van der Waals surface area (Å²) in [5.41, 5.74) is -0.136. The van der Waals surface area contributed by atoms with Gasteiger partial charge in [-0.05, 0) is 46.5 Å². The average molecular weight is 256 g/mol. The lowest BCUT2D eigenvalue weighted by Crippen LogP contribution is -2.43. The largest absolute Gasteiger partial charge is 0.381 e. The molecule has 0 aliphatic heterocycles. The van der Waals surface area contributed by atoms with E-state index in [1.54, 1.807) is 7.11 Å². The molecule has 0 spiro atoms. The van der Waals surface area contributed by atoms with Crippen molar-refractivity contribution < 1.29 is 9.53 Å². The van der Waals surface area contributed by atoms with Gasteiger partial charge < -0.3 is 15.4 Å². The van der Waals surface area contributed by atoms with Crippen LogP contribution in [0.5, 0.6) is 0 Å². The Balaban J connectivity index is 2.15. The Morgan fingerprint density at radius 3 is 2.67 bits per heavy atom. The molecule has 0 heterocycles. The van der Waals surface area contributed by atoms with Crippen LogP contribution < -0.4 is 10.6 Å². The summed E-state index contributed by atoms with van der Waals surface area (Å²) >= 11 is 0. The maximum Gasteiger partial charge on any atom is 0.221 e. The van der Waals surface area contributed by atoms with Gasteiger partial charge in [-0.25, -0.2) is 0 Å². The van der Waals surface area contributed by atoms with E-state index in [2.05, 4.69) is 10.6 Å². The molecule has 1 aliphatic carbocycles. The first-order valence-electron chi connectivity index (χ1n) is 6.98.